The Bertz CT molecular complexity index is 779. The van der Waals surface area contributed by atoms with Crippen LogP contribution in [0.4, 0.5) is 0 Å². The number of hydrogen-bond acceptors (Lipinski definition) is 7. The Kier molecular flexibility index (Phi) is 5.58. The van der Waals surface area contributed by atoms with Gasteiger partial charge < -0.3 is 15.0 Å². The third-order valence-electron chi connectivity index (χ3n) is 3.72. The highest BCUT2D eigenvalue weighted by molar-refractivity contribution is 7.89. The van der Waals surface area contributed by atoms with Crippen LogP contribution in [0.15, 0.2) is 21.7 Å². The van der Waals surface area contributed by atoms with Gasteiger partial charge in [0.25, 0.3) is 5.71 Å². The molecule has 1 atom stereocenters. The van der Waals surface area contributed by atoms with E-state index in [-0.39, 0.29) is 36.5 Å². The third kappa shape index (κ3) is 3.33. The molecule has 8 nitrogen and oxygen atoms in total. The van der Waals surface area contributed by atoms with Crippen molar-refractivity contribution in [3.63, 3.8) is 0 Å². The number of morpholine rings is 1. The van der Waals surface area contributed by atoms with Crippen molar-refractivity contribution >= 4 is 33.5 Å². The summed E-state index contributed by atoms with van der Waals surface area (Å²) >= 11 is 0. The van der Waals surface area contributed by atoms with E-state index in [4.69, 9.17) is 15.0 Å². The third-order valence-corrected chi connectivity index (χ3v) is 5.55. The van der Waals surface area contributed by atoms with Crippen LogP contribution in [0.3, 0.4) is 0 Å². The summed E-state index contributed by atoms with van der Waals surface area (Å²) < 4.78 is 37.4. The molecule has 0 aliphatic carbocycles. The minimum Gasteiger partial charge on any atom is -0.374 e. The van der Waals surface area contributed by atoms with Crippen molar-refractivity contribution < 1.29 is 17.7 Å². The molecule has 128 valence electrons. The normalized spacial score (nSPS) is 19.7. The van der Waals surface area contributed by atoms with Crippen LogP contribution >= 0.6 is 12.4 Å². The first kappa shape index (κ1) is 18.1. The number of fused-ring (bicyclic) bond motifs is 1. The SMILES string of the molecule is CCc1noc2ncc(S(=O)(=O)N3CCOC(CN)C3)cc12.Cl. The first-order chi connectivity index (χ1) is 10.6. The molecular weight excluding hydrogens is 344 g/mol. The van der Waals surface area contributed by atoms with Crippen molar-refractivity contribution in [3.05, 3.63) is 18.0 Å². The van der Waals surface area contributed by atoms with Crippen molar-refractivity contribution in [2.24, 2.45) is 5.73 Å². The monoisotopic (exact) mass is 362 g/mol. The molecule has 1 unspecified atom stereocenters. The standard InChI is InChI=1S/C13H18N4O4S.ClH/c1-2-12-11-5-10(7-15-13(11)21-16-12)22(18,19)17-3-4-20-9(6-14)8-17;/h5,7,9H,2-4,6,8,14H2,1H3;1H. The summed E-state index contributed by atoms with van der Waals surface area (Å²) in [6.45, 7) is 3.10. The molecule has 3 heterocycles. The van der Waals surface area contributed by atoms with E-state index < -0.39 is 10.0 Å². The van der Waals surface area contributed by atoms with Gasteiger partial charge in [-0.3, -0.25) is 0 Å². The van der Waals surface area contributed by atoms with Crippen LogP contribution in [0.5, 0.6) is 0 Å². The number of halogens is 1. The van der Waals surface area contributed by atoms with Gasteiger partial charge in [0.1, 0.15) is 4.90 Å². The van der Waals surface area contributed by atoms with Crippen molar-refractivity contribution in [1.29, 1.82) is 0 Å². The number of rotatable bonds is 4. The lowest BCUT2D eigenvalue weighted by molar-refractivity contribution is 0.00450. The van der Waals surface area contributed by atoms with E-state index in [1.54, 1.807) is 6.07 Å². The van der Waals surface area contributed by atoms with Crippen molar-refractivity contribution in [2.45, 2.75) is 24.3 Å². The number of nitrogens with zero attached hydrogens (tertiary/aromatic N) is 3. The van der Waals surface area contributed by atoms with E-state index in [1.807, 2.05) is 6.92 Å². The molecule has 3 rings (SSSR count). The van der Waals surface area contributed by atoms with E-state index >= 15 is 0 Å². The average Bonchev–Trinajstić information content (AvgIpc) is 2.97. The molecule has 2 aromatic heterocycles. The zero-order valence-corrected chi connectivity index (χ0v) is 14.3. The second-order valence-electron chi connectivity index (χ2n) is 5.10. The fourth-order valence-electron chi connectivity index (χ4n) is 2.46. The van der Waals surface area contributed by atoms with Crippen LogP contribution in [0.1, 0.15) is 12.6 Å². The Hall–Kier alpha value is -1.26. The van der Waals surface area contributed by atoms with E-state index in [9.17, 15) is 8.42 Å². The fraction of sp³-hybridized carbons (Fsp3) is 0.538. The number of hydrogen-bond donors (Lipinski definition) is 1. The average molecular weight is 363 g/mol. The largest absolute Gasteiger partial charge is 0.374 e. The lowest BCUT2D eigenvalue weighted by atomic mass is 10.2. The molecule has 10 heteroatoms. The van der Waals surface area contributed by atoms with Crippen LogP contribution in [0, 0.1) is 0 Å². The van der Waals surface area contributed by atoms with Crippen molar-refractivity contribution in [2.75, 3.05) is 26.2 Å². The summed E-state index contributed by atoms with van der Waals surface area (Å²) in [5.74, 6) is 0. The maximum Gasteiger partial charge on any atom is 0.258 e. The zero-order chi connectivity index (χ0) is 15.7. The lowest BCUT2D eigenvalue weighted by Crippen LogP contribution is -2.48. The fourth-order valence-corrected chi connectivity index (χ4v) is 3.89. The van der Waals surface area contributed by atoms with Crippen LogP contribution in [-0.4, -0.2) is 55.2 Å². The molecule has 2 aromatic rings. The highest BCUT2D eigenvalue weighted by atomic mass is 35.5. The van der Waals surface area contributed by atoms with Gasteiger partial charge >= 0.3 is 0 Å². The molecule has 1 aliphatic heterocycles. The number of ether oxygens (including phenoxy) is 1. The Balaban J connectivity index is 0.00000192. The highest BCUT2D eigenvalue weighted by Crippen LogP contribution is 2.24. The minimum absolute atomic E-state index is 0. The number of sulfonamides is 1. The molecule has 0 aromatic carbocycles. The number of aromatic nitrogens is 2. The summed E-state index contributed by atoms with van der Waals surface area (Å²) in [7, 11) is -3.63. The smallest absolute Gasteiger partial charge is 0.258 e. The van der Waals surface area contributed by atoms with Gasteiger partial charge in [0.15, 0.2) is 0 Å². The quantitative estimate of drug-likeness (QED) is 0.845. The molecule has 0 bridgehead atoms. The van der Waals surface area contributed by atoms with E-state index in [1.165, 1.54) is 10.5 Å². The maximum atomic E-state index is 12.8. The van der Waals surface area contributed by atoms with Crippen LogP contribution in [-0.2, 0) is 21.2 Å². The second-order valence-corrected chi connectivity index (χ2v) is 7.04. The summed E-state index contributed by atoms with van der Waals surface area (Å²) in [6, 6.07) is 1.57. The van der Waals surface area contributed by atoms with Crippen molar-refractivity contribution in [1.82, 2.24) is 14.4 Å². The van der Waals surface area contributed by atoms with Gasteiger partial charge in [-0.05, 0) is 12.5 Å². The summed E-state index contributed by atoms with van der Waals surface area (Å²) in [4.78, 5) is 4.19. The van der Waals surface area contributed by atoms with Gasteiger partial charge in [-0.15, -0.1) is 12.4 Å². The molecule has 23 heavy (non-hydrogen) atoms. The highest BCUT2D eigenvalue weighted by Gasteiger charge is 2.31. The van der Waals surface area contributed by atoms with Gasteiger partial charge in [0.2, 0.25) is 10.0 Å². The Labute approximate surface area is 140 Å². The van der Waals surface area contributed by atoms with Gasteiger partial charge in [-0.1, -0.05) is 12.1 Å². The molecule has 1 saturated heterocycles. The topological polar surface area (TPSA) is 112 Å². The Morgan fingerprint density at radius 2 is 2.26 bits per heavy atom. The Morgan fingerprint density at radius 3 is 2.96 bits per heavy atom. The van der Waals surface area contributed by atoms with Gasteiger partial charge in [-0.2, -0.15) is 4.31 Å². The zero-order valence-electron chi connectivity index (χ0n) is 12.6. The van der Waals surface area contributed by atoms with Crippen LogP contribution in [0.2, 0.25) is 0 Å². The predicted molar refractivity (Wildman–Crippen MR) is 86.0 cm³/mol. The predicted octanol–water partition coefficient (Wildman–Crippen LogP) is 0.555. The lowest BCUT2D eigenvalue weighted by Gasteiger charge is -2.31. The molecule has 1 fully saturated rings. The molecule has 0 saturated carbocycles. The van der Waals surface area contributed by atoms with E-state index in [0.717, 1.165) is 0 Å². The molecule has 0 amide bonds. The van der Waals surface area contributed by atoms with Crippen LogP contribution < -0.4 is 5.73 Å². The number of pyridine rings is 1. The summed E-state index contributed by atoms with van der Waals surface area (Å²) in [5, 5.41) is 4.52. The Morgan fingerprint density at radius 1 is 1.48 bits per heavy atom. The van der Waals surface area contributed by atoms with Crippen LogP contribution in [0.25, 0.3) is 11.1 Å². The van der Waals surface area contributed by atoms with Gasteiger partial charge in [-0.25, -0.2) is 13.4 Å². The van der Waals surface area contributed by atoms with E-state index in [0.29, 0.717) is 36.4 Å². The molecular formula is C13H19ClN4O4S. The number of nitrogens with two attached hydrogens (primary N) is 1. The summed E-state index contributed by atoms with van der Waals surface area (Å²) in [6.07, 6.45) is 1.67. The minimum atomic E-state index is -3.63. The van der Waals surface area contributed by atoms with Gasteiger partial charge in [0.05, 0.1) is 30.0 Å². The summed E-state index contributed by atoms with van der Waals surface area (Å²) in [5.41, 5.74) is 6.61. The first-order valence-electron chi connectivity index (χ1n) is 7.12. The number of aryl methyl sites for hydroxylation is 1. The van der Waals surface area contributed by atoms with Crippen molar-refractivity contribution in [3.8, 4) is 0 Å². The first-order valence-corrected chi connectivity index (χ1v) is 8.56. The molecule has 1 aliphatic rings. The van der Waals surface area contributed by atoms with E-state index in [2.05, 4.69) is 10.1 Å². The maximum absolute atomic E-state index is 12.8. The molecule has 0 radical (unpaired) electrons. The molecule has 0 spiro atoms. The second kappa shape index (κ2) is 7.10. The van der Waals surface area contributed by atoms with Gasteiger partial charge in [0, 0.05) is 19.6 Å². The molecule has 2 N–H and O–H groups in total.